The summed E-state index contributed by atoms with van der Waals surface area (Å²) in [6.45, 7) is 3.46. The van der Waals surface area contributed by atoms with Gasteiger partial charge in [0.15, 0.2) is 0 Å². The van der Waals surface area contributed by atoms with E-state index < -0.39 is 15.6 Å². The molecule has 2 aromatic rings. The molecule has 3 aliphatic rings. The number of rotatable bonds is 4. The standard InChI is InChI=1S/C22H25ClN4O4S2/c23-19-6-7-20(32-19)33(29,30)27-10-8-22(9-11-27)16-18(24-31-22)21(28)26-14-12-25(13-15-26)17-4-2-1-3-5-17/h1-7H,8-16H2. The van der Waals surface area contributed by atoms with Crippen molar-refractivity contribution in [1.82, 2.24) is 9.21 Å². The Morgan fingerprint density at radius 3 is 2.33 bits per heavy atom. The number of halogens is 1. The minimum Gasteiger partial charge on any atom is -0.388 e. The van der Waals surface area contributed by atoms with Gasteiger partial charge in [-0.1, -0.05) is 35.0 Å². The van der Waals surface area contributed by atoms with Crippen molar-refractivity contribution in [2.75, 3.05) is 44.2 Å². The van der Waals surface area contributed by atoms with E-state index in [4.69, 9.17) is 16.4 Å². The number of anilines is 1. The molecule has 176 valence electrons. The second kappa shape index (κ2) is 8.90. The second-order valence-electron chi connectivity index (χ2n) is 8.57. The molecule has 0 N–H and O–H groups in total. The van der Waals surface area contributed by atoms with E-state index >= 15 is 0 Å². The Kier molecular flexibility index (Phi) is 6.11. The molecule has 11 heteroatoms. The van der Waals surface area contributed by atoms with Gasteiger partial charge in [0, 0.05) is 64.2 Å². The lowest BCUT2D eigenvalue weighted by Gasteiger charge is -2.37. The lowest BCUT2D eigenvalue weighted by atomic mass is 9.87. The highest BCUT2D eigenvalue weighted by Gasteiger charge is 2.46. The number of para-hydroxylation sites is 1. The number of hydrogen-bond acceptors (Lipinski definition) is 7. The lowest BCUT2D eigenvalue weighted by Crippen LogP contribution is -2.51. The van der Waals surface area contributed by atoms with Crippen LogP contribution in [0, 0.1) is 0 Å². The summed E-state index contributed by atoms with van der Waals surface area (Å²) in [5.41, 5.74) is 0.997. The fourth-order valence-electron chi connectivity index (χ4n) is 4.59. The van der Waals surface area contributed by atoms with E-state index in [2.05, 4.69) is 22.2 Å². The average molecular weight is 509 g/mol. The first-order chi connectivity index (χ1) is 15.9. The predicted molar refractivity (Wildman–Crippen MR) is 128 cm³/mol. The molecule has 1 amide bonds. The summed E-state index contributed by atoms with van der Waals surface area (Å²) < 4.78 is 27.9. The molecule has 1 aromatic heterocycles. The molecule has 2 fully saturated rings. The van der Waals surface area contributed by atoms with Gasteiger partial charge in [-0.3, -0.25) is 4.79 Å². The third kappa shape index (κ3) is 4.49. The number of nitrogens with zero attached hydrogens (tertiary/aromatic N) is 4. The van der Waals surface area contributed by atoms with Gasteiger partial charge < -0.3 is 14.6 Å². The van der Waals surface area contributed by atoms with Crippen LogP contribution in [0.15, 0.2) is 51.8 Å². The number of thiophene rings is 1. The highest BCUT2D eigenvalue weighted by Crippen LogP contribution is 2.38. The summed E-state index contributed by atoms with van der Waals surface area (Å²) in [5.74, 6) is -0.0807. The summed E-state index contributed by atoms with van der Waals surface area (Å²) in [6.07, 6.45) is 1.41. The van der Waals surface area contributed by atoms with Crippen molar-refractivity contribution in [3.63, 3.8) is 0 Å². The van der Waals surface area contributed by atoms with E-state index in [-0.39, 0.29) is 10.1 Å². The Balaban J connectivity index is 1.15. The zero-order valence-corrected chi connectivity index (χ0v) is 20.4. The number of benzene rings is 1. The van der Waals surface area contributed by atoms with Crippen molar-refractivity contribution in [2.45, 2.75) is 29.1 Å². The highest BCUT2D eigenvalue weighted by molar-refractivity contribution is 7.91. The van der Waals surface area contributed by atoms with Gasteiger partial charge in [0.1, 0.15) is 15.5 Å². The first kappa shape index (κ1) is 22.6. The van der Waals surface area contributed by atoms with Crippen molar-refractivity contribution >= 4 is 50.3 Å². The number of piperidine rings is 1. The number of carbonyl (C=O) groups excluding carboxylic acids is 1. The normalized spacial score (nSPS) is 21.2. The molecule has 0 saturated carbocycles. The molecule has 4 heterocycles. The Morgan fingerprint density at radius 2 is 1.70 bits per heavy atom. The zero-order chi connectivity index (χ0) is 23.1. The van der Waals surface area contributed by atoms with Crippen molar-refractivity contribution in [3.05, 3.63) is 46.8 Å². The van der Waals surface area contributed by atoms with Crippen LogP contribution in [0.4, 0.5) is 5.69 Å². The van der Waals surface area contributed by atoms with E-state index in [1.807, 2.05) is 23.1 Å². The quantitative estimate of drug-likeness (QED) is 0.634. The Morgan fingerprint density at radius 1 is 1.00 bits per heavy atom. The minimum atomic E-state index is -3.57. The Hall–Kier alpha value is -2.14. The molecule has 0 radical (unpaired) electrons. The Bertz CT molecular complexity index is 1150. The zero-order valence-electron chi connectivity index (χ0n) is 18.0. The third-order valence-corrected chi connectivity index (χ3v) is 10.1. The van der Waals surface area contributed by atoms with Crippen LogP contribution in [0.2, 0.25) is 4.34 Å². The molecule has 1 spiro atoms. The molecule has 0 bridgehead atoms. The number of oxime groups is 1. The minimum absolute atomic E-state index is 0.0807. The number of hydrogen-bond donors (Lipinski definition) is 0. The molecular formula is C22H25ClN4O4S2. The van der Waals surface area contributed by atoms with E-state index in [0.717, 1.165) is 30.1 Å². The smallest absolute Gasteiger partial charge is 0.271 e. The van der Waals surface area contributed by atoms with Crippen molar-refractivity contribution in [1.29, 1.82) is 0 Å². The van der Waals surface area contributed by atoms with Crippen LogP contribution in [0.5, 0.6) is 0 Å². The molecule has 2 saturated heterocycles. The van der Waals surface area contributed by atoms with Crippen LogP contribution >= 0.6 is 22.9 Å². The summed E-state index contributed by atoms with van der Waals surface area (Å²) in [5, 5.41) is 4.14. The first-order valence-corrected chi connectivity index (χ1v) is 13.6. The maximum absolute atomic E-state index is 13.1. The fourth-order valence-corrected chi connectivity index (χ4v) is 7.67. The molecular weight excluding hydrogens is 484 g/mol. The molecule has 1 aromatic carbocycles. The van der Waals surface area contributed by atoms with Gasteiger partial charge in [0.05, 0.1) is 4.34 Å². The van der Waals surface area contributed by atoms with Crippen LogP contribution in [-0.2, 0) is 19.7 Å². The van der Waals surface area contributed by atoms with Crippen LogP contribution in [0.3, 0.4) is 0 Å². The van der Waals surface area contributed by atoms with Gasteiger partial charge in [-0.2, -0.15) is 4.31 Å². The molecule has 5 rings (SSSR count). The van der Waals surface area contributed by atoms with Gasteiger partial charge in [0.2, 0.25) is 0 Å². The van der Waals surface area contributed by atoms with Gasteiger partial charge in [-0.25, -0.2) is 8.42 Å². The van der Waals surface area contributed by atoms with Gasteiger partial charge >= 0.3 is 0 Å². The largest absolute Gasteiger partial charge is 0.388 e. The maximum Gasteiger partial charge on any atom is 0.271 e. The lowest BCUT2D eigenvalue weighted by molar-refractivity contribution is -0.124. The topological polar surface area (TPSA) is 82.5 Å². The summed E-state index contributed by atoms with van der Waals surface area (Å²) in [7, 11) is -3.57. The van der Waals surface area contributed by atoms with E-state index in [9.17, 15) is 13.2 Å². The van der Waals surface area contributed by atoms with Crippen LogP contribution in [0.25, 0.3) is 0 Å². The molecule has 3 aliphatic heterocycles. The molecule has 33 heavy (non-hydrogen) atoms. The van der Waals surface area contributed by atoms with E-state index in [1.165, 1.54) is 10.4 Å². The fraction of sp³-hybridized carbons (Fsp3) is 0.455. The number of amides is 1. The molecule has 8 nitrogen and oxygen atoms in total. The van der Waals surface area contributed by atoms with Crippen molar-refractivity contribution < 1.29 is 18.0 Å². The molecule has 0 atom stereocenters. The number of sulfonamides is 1. The van der Waals surface area contributed by atoms with Crippen LogP contribution in [-0.4, -0.2) is 74.1 Å². The van der Waals surface area contributed by atoms with Gasteiger partial charge in [-0.05, 0) is 24.3 Å². The molecule has 0 aliphatic carbocycles. The van der Waals surface area contributed by atoms with E-state index in [0.29, 0.717) is 55.5 Å². The number of carbonyl (C=O) groups is 1. The summed E-state index contributed by atoms with van der Waals surface area (Å²) >= 11 is 6.97. The monoisotopic (exact) mass is 508 g/mol. The Labute approximate surface area is 202 Å². The van der Waals surface area contributed by atoms with Gasteiger partial charge in [-0.15, -0.1) is 11.3 Å². The van der Waals surface area contributed by atoms with Crippen LogP contribution < -0.4 is 4.90 Å². The second-order valence-corrected chi connectivity index (χ2v) is 12.4. The predicted octanol–water partition coefficient (Wildman–Crippen LogP) is 3.05. The van der Waals surface area contributed by atoms with Gasteiger partial charge in [0.25, 0.3) is 15.9 Å². The van der Waals surface area contributed by atoms with E-state index in [1.54, 1.807) is 6.07 Å². The third-order valence-electron chi connectivity index (χ3n) is 6.55. The first-order valence-electron chi connectivity index (χ1n) is 11.0. The van der Waals surface area contributed by atoms with Crippen LogP contribution in [0.1, 0.15) is 19.3 Å². The molecule has 0 unspecified atom stereocenters. The van der Waals surface area contributed by atoms with Crippen molar-refractivity contribution in [3.8, 4) is 0 Å². The maximum atomic E-state index is 13.1. The SMILES string of the molecule is O=C(C1=NOC2(CCN(S(=O)(=O)c3ccc(Cl)s3)CC2)C1)N1CCN(c2ccccc2)CC1. The highest BCUT2D eigenvalue weighted by atomic mass is 35.5. The summed E-state index contributed by atoms with van der Waals surface area (Å²) in [4.78, 5) is 22.9. The number of piperazine rings is 1. The van der Waals surface area contributed by atoms with Crippen molar-refractivity contribution in [2.24, 2.45) is 5.16 Å². The average Bonchev–Trinajstić information content (AvgIpc) is 3.47. The summed E-state index contributed by atoms with van der Waals surface area (Å²) in [6, 6.07) is 13.3.